The van der Waals surface area contributed by atoms with E-state index in [1.165, 1.54) is 76.6 Å². The summed E-state index contributed by atoms with van der Waals surface area (Å²) in [6.07, 6.45) is 16.3. The molecule has 5 rings (SSSR count). The van der Waals surface area contributed by atoms with Gasteiger partial charge in [0.05, 0.1) is 0 Å². The van der Waals surface area contributed by atoms with E-state index in [-0.39, 0.29) is 5.60 Å². The molecule has 0 radical (unpaired) electrons. The van der Waals surface area contributed by atoms with Crippen LogP contribution < -0.4 is 4.74 Å². The van der Waals surface area contributed by atoms with Gasteiger partial charge in [0.15, 0.2) is 0 Å². The number of benzene rings is 3. The first kappa shape index (κ1) is 35.5. The maximum atomic E-state index is 6.80. The molecule has 1 fully saturated rings. The average molecular weight is 639 g/mol. The van der Waals surface area contributed by atoms with Gasteiger partial charge < -0.3 is 4.74 Å². The summed E-state index contributed by atoms with van der Waals surface area (Å²) < 4.78 is 6.80. The summed E-state index contributed by atoms with van der Waals surface area (Å²) in [5.41, 5.74) is 12.0. The minimum atomic E-state index is -0.408. The number of hydrogen-bond acceptors (Lipinski definition) is 1. The predicted molar refractivity (Wildman–Crippen MR) is 208 cm³/mol. The molecule has 252 valence electrons. The highest BCUT2D eigenvalue weighted by Gasteiger charge is 2.38. The van der Waals surface area contributed by atoms with Crippen LogP contribution in [0.3, 0.4) is 0 Å². The zero-order valence-corrected chi connectivity index (χ0v) is 30.8. The third-order valence-electron chi connectivity index (χ3n) is 11.1. The van der Waals surface area contributed by atoms with E-state index in [0.29, 0.717) is 11.8 Å². The zero-order valence-electron chi connectivity index (χ0n) is 30.8. The highest BCUT2D eigenvalue weighted by molar-refractivity contribution is 5.68. The van der Waals surface area contributed by atoms with Crippen LogP contribution in [0.2, 0.25) is 0 Å². The molecule has 0 aromatic heterocycles. The van der Waals surface area contributed by atoms with Crippen LogP contribution in [0.25, 0.3) is 5.57 Å². The summed E-state index contributed by atoms with van der Waals surface area (Å²) >= 11 is 0. The standard InChI is InChI=1S/C47H58O/c1-33(2)42-26-35(5)20-25-43(29-42)47(32-38-16-12-10-13-17-38,44-27-36(6)28-45(30-44)48-46(8,9)34(3)4)31-37(7)39-21-23-41(24-22-39)40-18-14-11-15-19-40/h10,12-13,16-17,20-25,27-30,34,40H,1,7,11,14-15,18-19,26,31-32H2,2-6,8-9H3/t47-/m0/s1. The Bertz CT molecular complexity index is 1690. The van der Waals surface area contributed by atoms with Gasteiger partial charge in [0.1, 0.15) is 11.4 Å². The van der Waals surface area contributed by atoms with Crippen molar-refractivity contribution in [1.29, 1.82) is 0 Å². The van der Waals surface area contributed by atoms with E-state index in [1.807, 2.05) is 0 Å². The molecule has 2 aliphatic carbocycles. The Labute approximate surface area is 292 Å². The van der Waals surface area contributed by atoms with Gasteiger partial charge in [-0.2, -0.15) is 0 Å². The summed E-state index contributed by atoms with van der Waals surface area (Å²) in [4.78, 5) is 0. The lowest BCUT2D eigenvalue weighted by molar-refractivity contribution is 0.0598. The van der Waals surface area contributed by atoms with Gasteiger partial charge in [-0.05, 0) is 135 Å². The van der Waals surface area contributed by atoms with Gasteiger partial charge in [0.2, 0.25) is 0 Å². The molecule has 3 aromatic rings. The Morgan fingerprint density at radius 1 is 0.875 bits per heavy atom. The number of aryl methyl sites for hydroxylation is 1. The third kappa shape index (κ3) is 8.41. The van der Waals surface area contributed by atoms with E-state index >= 15 is 0 Å². The summed E-state index contributed by atoms with van der Waals surface area (Å²) in [7, 11) is 0. The van der Waals surface area contributed by atoms with E-state index in [9.17, 15) is 0 Å². The number of rotatable bonds is 12. The molecular weight excluding hydrogens is 581 g/mol. The minimum Gasteiger partial charge on any atom is -0.488 e. The monoisotopic (exact) mass is 638 g/mol. The Morgan fingerprint density at radius 3 is 2.21 bits per heavy atom. The Morgan fingerprint density at radius 2 is 1.56 bits per heavy atom. The molecule has 3 aromatic carbocycles. The lowest BCUT2D eigenvalue weighted by atomic mass is 9.65. The second-order valence-corrected chi connectivity index (χ2v) is 15.6. The van der Waals surface area contributed by atoms with Gasteiger partial charge in [-0.1, -0.05) is 136 Å². The van der Waals surface area contributed by atoms with Crippen LogP contribution >= 0.6 is 0 Å². The van der Waals surface area contributed by atoms with Gasteiger partial charge in [-0.25, -0.2) is 0 Å². The van der Waals surface area contributed by atoms with Crippen LogP contribution in [0.1, 0.15) is 120 Å². The molecule has 0 heterocycles. The second kappa shape index (κ2) is 15.1. The largest absolute Gasteiger partial charge is 0.488 e. The molecule has 0 spiro atoms. The maximum absolute atomic E-state index is 6.80. The van der Waals surface area contributed by atoms with Crippen LogP contribution in [0.5, 0.6) is 5.75 Å². The SMILES string of the molecule is C=C(C)C1=CC([C@](CC(=C)c2ccc(C3CCCCC3)cc2)(Cc2ccccc2)c2cc(C)cc(OC(C)(C)C(C)C)c2)=CC=C(C)C1. The van der Waals surface area contributed by atoms with Crippen LogP contribution in [0.15, 0.2) is 126 Å². The van der Waals surface area contributed by atoms with Crippen LogP contribution in [0, 0.1) is 12.8 Å². The quantitative estimate of drug-likeness (QED) is 0.192. The normalized spacial score (nSPS) is 17.1. The van der Waals surface area contributed by atoms with E-state index in [2.05, 4.69) is 146 Å². The van der Waals surface area contributed by atoms with Crippen molar-refractivity contribution in [2.75, 3.05) is 0 Å². The van der Waals surface area contributed by atoms with E-state index in [4.69, 9.17) is 11.3 Å². The molecular formula is C47H58O. The lowest BCUT2D eigenvalue weighted by Crippen LogP contribution is -2.35. The van der Waals surface area contributed by atoms with E-state index < -0.39 is 5.41 Å². The number of ether oxygens (including phenoxy) is 1. The summed E-state index contributed by atoms with van der Waals surface area (Å²) in [5, 5.41) is 0. The summed E-state index contributed by atoms with van der Waals surface area (Å²) in [6.45, 7) is 24.6. The molecule has 2 aliphatic rings. The Kier molecular flexibility index (Phi) is 11.2. The van der Waals surface area contributed by atoms with Crippen molar-refractivity contribution in [2.24, 2.45) is 5.92 Å². The molecule has 0 bridgehead atoms. The number of allylic oxidation sites excluding steroid dienone is 8. The van der Waals surface area contributed by atoms with Crippen LogP contribution in [-0.2, 0) is 11.8 Å². The smallest absolute Gasteiger partial charge is 0.120 e. The van der Waals surface area contributed by atoms with Crippen molar-refractivity contribution in [3.63, 3.8) is 0 Å². The van der Waals surface area contributed by atoms with Crippen molar-refractivity contribution in [2.45, 2.75) is 117 Å². The van der Waals surface area contributed by atoms with Gasteiger partial charge in [-0.15, -0.1) is 0 Å². The van der Waals surface area contributed by atoms with Gasteiger partial charge in [0, 0.05) is 5.41 Å². The lowest BCUT2D eigenvalue weighted by Gasteiger charge is -2.39. The van der Waals surface area contributed by atoms with Gasteiger partial charge >= 0.3 is 0 Å². The first-order valence-electron chi connectivity index (χ1n) is 18.2. The molecule has 0 saturated heterocycles. The molecule has 0 unspecified atom stereocenters. The average Bonchev–Trinajstić information content (AvgIpc) is 3.27. The summed E-state index contributed by atoms with van der Waals surface area (Å²) in [6, 6.07) is 27.3. The van der Waals surface area contributed by atoms with Gasteiger partial charge in [0.25, 0.3) is 0 Å². The molecule has 0 N–H and O–H groups in total. The highest BCUT2D eigenvalue weighted by Crippen LogP contribution is 2.47. The first-order chi connectivity index (χ1) is 22.9. The van der Waals surface area contributed by atoms with Crippen molar-refractivity contribution >= 4 is 5.57 Å². The van der Waals surface area contributed by atoms with E-state index in [0.717, 1.165) is 36.2 Å². The molecule has 1 saturated carbocycles. The fourth-order valence-corrected chi connectivity index (χ4v) is 7.43. The first-order valence-corrected chi connectivity index (χ1v) is 18.2. The van der Waals surface area contributed by atoms with Crippen molar-refractivity contribution in [1.82, 2.24) is 0 Å². The second-order valence-electron chi connectivity index (χ2n) is 15.6. The minimum absolute atomic E-state index is 0.300. The summed E-state index contributed by atoms with van der Waals surface area (Å²) in [5.74, 6) is 1.98. The molecule has 1 heteroatoms. The number of hydrogen-bond donors (Lipinski definition) is 0. The highest BCUT2D eigenvalue weighted by atomic mass is 16.5. The maximum Gasteiger partial charge on any atom is 0.120 e. The molecule has 1 atom stereocenters. The fourth-order valence-electron chi connectivity index (χ4n) is 7.43. The van der Waals surface area contributed by atoms with Crippen molar-refractivity contribution in [3.8, 4) is 5.75 Å². The third-order valence-corrected chi connectivity index (χ3v) is 11.1. The fraction of sp³-hybridized carbons (Fsp3) is 0.404. The molecule has 0 amide bonds. The van der Waals surface area contributed by atoms with Crippen molar-refractivity contribution in [3.05, 3.63) is 154 Å². The van der Waals surface area contributed by atoms with Crippen molar-refractivity contribution < 1.29 is 4.74 Å². The topological polar surface area (TPSA) is 9.23 Å². The Hall–Kier alpha value is -3.84. The van der Waals surface area contributed by atoms with Gasteiger partial charge in [-0.3, -0.25) is 0 Å². The predicted octanol–water partition coefficient (Wildman–Crippen LogP) is 13.2. The molecule has 48 heavy (non-hydrogen) atoms. The van der Waals surface area contributed by atoms with Crippen LogP contribution in [-0.4, -0.2) is 5.60 Å². The van der Waals surface area contributed by atoms with Crippen LogP contribution in [0.4, 0.5) is 0 Å². The zero-order chi connectivity index (χ0) is 34.5. The molecule has 1 nitrogen and oxygen atoms in total. The van der Waals surface area contributed by atoms with E-state index in [1.54, 1.807) is 0 Å². The Balaban J connectivity index is 1.69. The molecule has 0 aliphatic heterocycles.